The van der Waals surface area contributed by atoms with Crippen LogP contribution >= 0.6 is 11.8 Å². The second-order valence-electron chi connectivity index (χ2n) is 6.32. The number of hydrogen-bond acceptors (Lipinski definition) is 6. The average molecular weight is 410 g/mol. The molecule has 2 aromatic carbocycles. The van der Waals surface area contributed by atoms with Crippen LogP contribution in [0.2, 0.25) is 0 Å². The van der Waals surface area contributed by atoms with Gasteiger partial charge >= 0.3 is 5.97 Å². The van der Waals surface area contributed by atoms with Crippen LogP contribution in [0.5, 0.6) is 5.75 Å². The number of benzene rings is 2. The van der Waals surface area contributed by atoms with Crippen molar-refractivity contribution in [3.8, 4) is 5.75 Å². The monoisotopic (exact) mass is 410 g/mol. The third-order valence-corrected chi connectivity index (χ3v) is 5.49. The van der Waals surface area contributed by atoms with Crippen molar-refractivity contribution in [2.24, 2.45) is 4.99 Å². The van der Waals surface area contributed by atoms with Crippen molar-refractivity contribution in [3.63, 3.8) is 0 Å². The van der Waals surface area contributed by atoms with Crippen molar-refractivity contribution >= 4 is 40.6 Å². The molecule has 0 saturated carbocycles. The molecule has 1 fully saturated rings. The summed E-state index contributed by atoms with van der Waals surface area (Å²) in [4.78, 5) is 31.3. The summed E-state index contributed by atoms with van der Waals surface area (Å²) in [7, 11) is 2.97. The van der Waals surface area contributed by atoms with Crippen LogP contribution < -0.4 is 4.74 Å². The van der Waals surface area contributed by atoms with Gasteiger partial charge in [-0.25, -0.2) is 9.79 Å². The number of nitrogens with zero attached hydrogens (tertiary/aromatic N) is 2. The number of amidine groups is 1. The van der Waals surface area contributed by atoms with Gasteiger partial charge < -0.3 is 9.47 Å². The molecule has 1 heterocycles. The summed E-state index contributed by atoms with van der Waals surface area (Å²) in [6.07, 6.45) is 1.88. The number of hydrogen-bond donors (Lipinski definition) is 0. The van der Waals surface area contributed by atoms with Gasteiger partial charge in [0.2, 0.25) is 0 Å². The highest BCUT2D eigenvalue weighted by Crippen LogP contribution is 2.34. The molecule has 0 radical (unpaired) electrons. The third kappa shape index (κ3) is 4.51. The van der Waals surface area contributed by atoms with E-state index in [-0.39, 0.29) is 5.91 Å². The van der Waals surface area contributed by atoms with E-state index in [0.717, 1.165) is 16.9 Å². The van der Waals surface area contributed by atoms with E-state index < -0.39 is 5.97 Å². The Bertz CT molecular complexity index is 996. The summed E-state index contributed by atoms with van der Waals surface area (Å²) >= 11 is 1.34. The minimum Gasteiger partial charge on any atom is -0.497 e. The molecule has 0 spiro atoms. The minimum absolute atomic E-state index is 0.0716. The molecule has 0 bridgehead atoms. The predicted molar refractivity (Wildman–Crippen MR) is 116 cm³/mol. The van der Waals surface area contributed by atoms with Crippen molar-refractivity contribution in [3.05, 3.63) is 64.1 Å². The summed E-state index contributed by atoms with van der Waals surface area (Å²) in [5.41, 5.74) is 3.10. The molecular formula is C22H22N2O4S. The van der Waals surface area contributed by atoms with Gasteiger partial charge in [-0.1, -0.05) is 6.07 Å². The number of methoxy groups -OCH3 is 2. The summed E-state index contributed by atoms with van der Waals surface area (Å²) in [6.45, 7) is 4.41. The number of rotatable bonds is 5. The zero-order valence-corrected chi connectivity index (χ0v) is 17.6. The molecule has 6 nitrogen and oxygen atoms in total. The van der Waals surface area contributed by atoms with Crippen LogP contribution in [0, 0.1) is 6.92 Å². The fourth-order valence-corrected chi connectivity index (χ4v) is 3.90. The lowest BCUT2D eigenvalue weighted by atomic mass is 10.1. The fourth-order valence-electron chi connectivity index (χ4n) is 2.85. The highest BCUT2D eigenvalue weighted by atomic mass is 32.2. The van der Waals surface area contributed by atoms with Gasteiger partial charge in [0.15, 0.2) is 5.17 Å². The number of aliphatic imine (C=N–C) groups is 1. The van der Waals surface area contributed by atoms with Gasteiger partial charge in [-0.2, -0.15) is 0 Å². The van der Waals surface area contributed by atoms with Crippen molar-refractivity contribution in [2.45, 2.75) is 13.8 Å². The summed E-state index contributed by atoms with van der Waals surface area (Å²) < 4.78 is 9.95. The number of aryl methyl sites for hydroxylation is 1. The van der Waals surface area contributed by atoms with Gasteiger partial charge in [-0.15, -0.1) is 0 Å². The van der Waals surface area contributed by atoms with Crippen molar-refractivity contribution in [1.29, 1.82) is 0 Å². The lowest BCUT2D eigenvalue weighted by molar-refractivity contribution is -0.122. The van der Waals surface area contributed by atoms with Gasteiger partial charge in [0, 0.05) is 6.54 Å². The van der Waals surface area contributed by atoms with Gasteiger partial charge in [-0.3, -0.25) is 9.69 Å². The van der Waals surface area contributed by atoms with Crippen LogP contribution in [-0.2, 0) is 9.53 Å². The first-order chi connectivity index (χ1) is 14.0. The maximum Gasteiger partial charge on any atom is 0.337 e. The SMILES string of the molecule is CCN1C(=O)/C(=C\c2ccc(OC)cc2C)SC1=Nc1ccc(C(=O)OC)cc1. The molecule has 0 aliphatic carbocycles. The largest absolute Gasteiger partial charge is 0.497 e. The number of esters is 1. The van der Waals surface area contributed by atoms with Gasteiger partial charge in [0.1, 0.15) is 5.75 Å². The van der Waals surface area contributed by atoms with E-state index in [0.29, 0.717) is 27.9 Å². The van der Waals surface area contributed by atoms with Crippen LogP contribution in [0.3, 0.4) is 0 Å². The first kappa shape index (κ1) is 20.7. The van der Waals surface area contributed by atoms with E-state index in [1.165, 1.54) is 18.9 Å². The van der Waals surface area contributed by atoms with Crippen molar-refractivity contribution in [1.82, 2.24) is 4.90 Å². The normalized spacial score (nSPS) is 16.6. The van der Waals surface area contributed by atoms with E-state index in [9.17, 15) is 9.59 Å². The molecule has 7 heteroatoms. The Kier molecular flexibility index (Phi) is 6.39. The smallest absolute Gasteiger partial charge is 0.337 e. The van der Waals surface area contributed by atoms with Crippen LogP contribution in [0.4, 0.5) is 5.69 Å². The zero-order valence-electron chi connectivity index (χ0n) is 16.8. The minimum atomic E-state index is -0.398. The van der Waals surface area contributed by atoms with E-state index >= 15 is 0 Å². The standard InChI is InChI=1S/C22H22N2O4S/c1-5-24-20(25)19(13-16-8-11-18(27-3)12-14(16)2)29-22(24)23-17-9-6-15(7-10-17)21(26)28-4/h6-13H,5H2,1-4H3/b19-13+,23-22?. The molecule has 0 atom stereocenters. The number of amides is 1. The summed E-state index contributed by atoms with van der Waals surface area (Å²) in [5, 5.41) is 0.612. The Balaban J connectivity index is 1.89. The Hall–Kier alpha value is -3.06. The molecule has 3 rings (SSSR count). The maximum atomic E-state index is 12.8. The lowest BCUT2D eigenvalue weighted by Crippen LogP contribution is -2.28. The molecule has 1 aliphatic heterocycles. The number of carbonyl (C=O) groups is 2. The molecule has 150 valence electrons. The second kappa shape index (κ2) is 8.96. The van der Waals surface area contributed by atoms with Crippen molar-refractivity contribution < 1.29 is 19.1 Å². The van der Waals surface area contributed by atoms with Gasteiger partial charge in [-0.05, 0) is 79.2 Å². The molecule has 1 aliphatic rings. The Morgan fingerprint density at radius 1 is 1.17 bits per heavy atom. The molecule has 1 saturated heterocycles. The van der Waals surface area contributed by atoms with Crippen molar-refractivity contribution in [2.75, 3.05) is 20.8 Å². The molecule has 0 N–H and O–H groups in total. The Labute approximate surface area is 174 Å². The van der Waals surface area contributed by atoms with E-state index in [1.807, 2.05) is 38.1 Å². The number of likely N-dealkylation sites (N-methyl/N-ethyl adjacent to an activating group) is 1. The van der Waals surface area contributed by atoms with Gasteiger partial charge in [0.25, 0.3) is 5.91 Å². The quantitative estimate of drug-likeness (QED) is 0.539. The fraction of sp³-hybridized carbons (Fsp3) is 0.227. The van der Waals surface area contributed by atoms with E-state index in [4.69, 9.17) is 9.47 Å². The van der Waals surface area contributed by atoms with Crippen LogP contribution in [0.15, 0.2) is 52.4 Å². The second-order valence-corrected chi connectivity index (χ2v) is 7.32. The predicted octanol–water partition coefficient (Wildman–Crippen LogP) is 4.41. The summed E-state index contributed by atoms with van der Waals surface area (Å²) in [5.74, 6) is 0.311. The molecular weight excluding hydrogens is 388 g/mol. The first-order valence-electron chi connectivity index (χ1n) is 9.10. The number of carbonyl (C=O) groups excluding carboxylic acids is 2. The molecule has 1 amide bonds. The third-order valence-electron chi connectivity index (χ3n) is 4.48. The van der Waals surface area contributed by atoms with Crippen LogP contribution in [0.1, 0.15) is 28.4 Å². The molecule has 0 unspecified atom stereocenters. The van der Waals surface area contributed by atoms with Crippen LogP contribution in [0.25, 0.3) is 6.08 Å². The first-order valence-corrected chi connectivity index (χ1v) is 9.91. The molecule has 2 aromatic rings. The van der Waals surface area contributed by atoms with Crippen LogP contribution in [-0.4, -0.2) is 42.7 Å². The average Bonchev–Trinajstić information content (AvgIpc) is 3.03. The highest BCUT2D eigenvalue weighted by molar-refractivity contribution is 8.18. The molecule has 29 heavy (non-hydrogen) atoms. The van der Waals surface area contributed by atoms with Gasteiger partial charge in [0.05, 0.1) is 30.4 Å². The Morgan fingerprint density at radius 2 is 1.90 bits per heavy atom. The Morgan fingerprint density at radius 3 is 2.48 bits per heavy atom. The summed E-state index contributed by atoms with van der Waals surface area (Å²) in [6, 6.07) is 12.5. The molecule has 0 aromatic heterocycles. The zero-order chi connectivity index (χ0) is 21.0. The lowest BCUT2D eigenvalue weighted by Gasteiger charge is -2.12. The number of ether oxygens (including phenoxy) is 2. The maximum absolute atomic E-state index is 12.8. The number of thioether (sulfide) groups is 1. The highest BCUT2D eigenvalue weighted by Gasteiger charge is 2.32. The topological polar surface area (TPSA) is 68.2 Å². The van der Waals surface area contributed by atoms with E-state index in [2.05, 4.69) is 4.99 Å². The van der Waals surface area contributed by atoms with E-state index in [1.54, 1.807) is 36.3 Å².